The van der Waals surface area contributed by atoms with Crippen LogP contribution < -0.4 is 0 Å². The number of likely N-dealkylation sites (tertiary alicyclic amines) is 1. The van der Waals surface area contributed by atoms with Gasteiger partial charge in [0.2, 0.25) is 0 Å². The highest BCUT2D eigenvalue weighted by Gasteiger charge is 2.52. The van der Waals surface area contributed by atoms with Crippen LogP contribution in [-0.4, -0.2) is 62.0 Å². The van der Waals surface area contributed by atoms with Crippen molar-refractivity contribution < 1.29 is 28.3 Å². The molecule has 162 valence electrons. The van der Waals surface area contributed by atoms with Gasteiger partial charge in [-0.1, -0.05) is 20.8 Å². The minimum absolute atomic E-state index is 0.0477. The summed E-state index contributed by atoms with van der Waals surface area (Å²) in [5, 5.41) is -0.0477. The Bertz CT molecular complexity index is 605. The molecule has 1 heterocycles. The van der Waals surface area contributed by atoms with Gasteiger partial charge in [0.25, 0.3) is 0 Å². The van der Waals surface area contributed by atoms with Crippen LogP contribution in [0.4, 0.5) is 4.79 Å². The topological polar surface area (TPSA) is 82.1 Å². The quantitative estimate of drug-likeness (QED) is 0.500. The highest BCUT2D eigenvalue weighted by molar-refractivity contribution is 6.74. The molecule has 7 nitrogen and oxygen atoms in total. The van der Waals surface area contributed by atoms with E-state index in [0.717, 1.165) is 0 Å². The van der Waals surface area contributed by atoms with Gasteiger partial charge in [0.05, 0.1) is 19.3 Å². The van der Waals surface area contributed by atoms with Gasteiger partial charge in [-0.15, -0.1) is 0 Å². The van der Waals surface area contributed by atoms with Gasteiger partial charge in [-0.05, 0) is 45.8 Å². The zero-order valence-electron chi connectivity index (χ0n) is 19.0. The number of carbonyl (C=O) groups excluding carboxylic acids is 3. The molecule has 0 aliphatic carbocycles. The largest absolute Gasteiger partial charge is 0.467 e. The van der Waals surface area contributed by atoms with Gasteiger partial charge in [0, 0.05) is 12.8 Å². The van der Waals surface area contributed by atoms with E-state index in [1.54, 1.807) is 20.8 Å². The minimum Gasteiger partial charge on any atom is -0.467 e. The van der Waals surface area contributed by atoms with Crippen molar-refractivity contribution in [1.82, 2.24) is 4.90 Å². The van der Waals surface area contributed by atoms with Crippen LogP contribution in [0.1, 0.15) is 61.3 Å². The number of carbonyl (C=O) groups is 3. The molecule has 1 amide bonds. The van der Waals surface area contributed by atoms with Gasteiger partial charge >= 0.3 is 12.1 Å². The number of hydrogen-bond donors (Lipinski definition) is 0. The molecule has 0 N–H and O–H groups in total. The molecule has 0 aromatic carbocycles. The average molecular weight is 416 g/mol. The molecule has 1 unspecified atom stereocenters. The number of methoxy groups -OCH3 is 1. The van der Waals surface area contributed by atoms with Crippen LogP contribution in [0, 0.1) is 0 Å². The van der Waals surface area contributed by atoms with E-state index >= 15 is 0 Å². The molecule has 0 saturated carbocycles. The van der Waals surface area contributed by atoms with Crippen LogP contribution in [-0.2, 0) is 23.5 Å². The second-order valence-electron chi connectivity index (χ2n) is 10.1. The summed E-state index contributed by atoms with van der Waals surface area (Å²) < 4.78 is 17.0. The molecule has 1 aliphatic rings. The number of hydrogen-bond acceptors (Lipinski definition) is 6. The molecule has 0 radical (unpaired) electrons. The SMILES string of the molecule is COC(=O)[C@@H]1C[C@H](O[Si](C)(C)C(C)(C)C)C(CC(C)=O)N1C(=O)OC(C)(C)C. The molecule has 8 heteroatoms. The van der Waals surface area contributed by atoms with Crippen LogP contribution in [0.3, 0.4) is 0 Å². The summed E-state index contributed by atoms with van der Waals surface area (Å²) in [5.74, 6) is -0.603. The Hall–Kier alpha value is -1.41. The second-order valence-corrected chi connectivity index (χ2v) is 14.8. The lowest BCUT2D eigenvalue weighted by Gasteiger charge is -2.40. The summed E-state index contributed by atoms with van der Waals surface area (Å²) in [7, 11) is -0.901. The molecule has 0 aromatic heterocycles. The van der Waals surface area contributed by atoms with Gasteiger partial charge in [0.1, 0.15) is 17.4 Å². The number of ether oxygens (including phenoxy) is 2. The van der Waals surface area contributed by atoms with Crippen molar-refractivity contribution in [1.29, 1.82) is 0 Å². The van der Waals surface area contributed by atoms with Crippen LogP contribution >= 0.6 is 0 Å². The van der Waals surface area contributed by atoms with E-state index in [-0.39, 0.29) is 23.7 Å². The highest BCUT2D eigenvalue weighted by Crippen LogP contribution is 2.41. The molecule has 28 heavy (non-hydrogen) atoms. The normalized spacial score (nSPS) is 23.5. The highest BCUT2D eigenvalue weighted by atomic mass is 28.4. The maximum atomic E-state index is 12.9. The summed E-state index contributed by atoms with van der Waals surface area (Å²) in [6.45, 7) is 17.4. The Morgan fingerprint density at radius 3 is 2.00 bits per heavy atom. The number of amides is 1. The first-order chi connectivity index (χ1) is 12.5. The predicted molar refractivity (Wildman–Crippen MR) is 110 cm³/mol. The summed E-state index contributed by atoms with van der Waals surface area (Å²) in [4.78, 5) is 38.7. The van der Waals surface area contributed by atoms with E-state index < -0.39 is 44.2 Å². The minimum atomic E-state index is -2.19. The van der Waals surface area contributed by atoms with E-state index in [4.69, 9.17) is 13.9 Å². The van der Waals surface area contributed by atoms with Crippen LogP contribution in [0.2, 0.25) is 18.1 Å². The number of rotatable bonds is 5. The zero-order valence-corrected chi connectivity index (χ0v) is 20.0. The van der Waals surface area contributed by atoms with Gasteiger partial charge in [-0.2, -0.15) is 0 Å². The van der Waals surface area contributed by atoms with Crippen molar-refractivity contribution in [2.45, 2.75) is 103 Å². The predicted octanol–water partition coefficient (Wildman–Crippen LogP) is 3.91. The first-order valence-corrected chi connectivity index (χ1v) is 12.7. The van der Waals surface area contributed by atoms with Gasteiger partial charge in [-0.25, -0.2) is 9.59 Å². The summed E-state index contributed by atoms with van der Waals surface area (Å²) in [5.41, 5.74) is -0.725. The average Bonchev–Trinajstić information content (AvgIpc) is 2.80. The number of Topliss-reactive ketones (excluding diaryl/α,β-unsaturated/α-hetero) is 1. The lowest BCUT2D eigenvalue weighted by molar-refractivity contribution is -0.146. The molecule has 1 aliphatic heterocycles. The molecule has 1 rings (SSSR count). The van der Waals surface area contributed by atoms with Crippen molar-refractivity contribution in [3.05, 3.63) is 0 Å². The van der Waals surface area contributed by atoms with Crippen molar-refractivity contribution in [2.75, 3.05) is 7.11 Å². The third kappa shape index (κ3) is 6.04. The smallest absolute Gasteiger partial charge is 0.411 e. The number of nitrogens with zero attached hydrogens (tertiary/aromatic N) is 1. The van der Waals surface area contributed by atoms with E-state index in [9.17, 15) is 14.4 Å². The Morgan fingerprint density at radius 1 is 1.07 bits per heavy atom. The third-order valence-electron chi connectivity index (χ3n) is 5.40. The number of esters is 1. The van der Waals surface area contributed by atoms with Crippen LogP contribution in [0.5, 0.6) is 0 Å². The fraction of sp³-hybridized carbons (Fsp3) is 0.850. The van der Waals surface area contributed by atoms with Crippen molar-refractivity contribution >= 4 is 26.2 Å². The summed E-state index contributed by atoms with van der Waals surface area (Å²) in [6.07, 6.45) is -0.667. The molecule has 1 saturated heterocycles. The summed E-state index contributed by atoms with van der Waals surface area (Å²) in [6, 6.07) is -1.40. The fourth-order valence-electron chi connectivity index (χ4n) is 3.03. The van der Waals surface area contributed by atoms with Crippen molar-refractivity contribution in [3.63, 3.8) is 0 Å². The van der Waals surface area contributed by atoms with Crippen molar-refractivity contribution in [3.8, 4) is 0 Å². The first kappa shape index (κ1) is 24.6. The van der Waals surface area contributed by atoms with E-state index in [2.05, 4.69) is 33.9 Å². The first-order valence-electron chi connectivity index (χ1n) is 9.76. The van der Waals surface area contributed by atoms with Gasteiger partial charge in [0.15, 0.2) is 8.32 Å². The standard InChI is InChI=1S/C20H37NO6Si/c1-13(22)11-14-16(27-28(9,10)20(5,6)7)12-15(17(23)25-8)21(14)18(24)26-19(2,3)4/h14-16H,11-12H2,1-10H3/t14?,15-,16-/m0/s1. The molecule has 0 spiro atoms. The third-order valence-corrected chi connectivity index (χ3v) is 9.91. The summed E-state index contributed by atoms with van der Waals surface area (Å²) >= 11 is 0. The van der Waals surface area contributed by atoms with Crippen LogP contribution in [0.25, 0.3) is 0 Å². The fourth-order valence-corrected chi connectivity index (χ4v) is 4.39. The van der Waals surface area contributed by atoms with E-state index in [1.807, 2.05) is 0 Å². The molecular weight excluding hydrogens is 378 g/mol. The molecule has 1 fully saturated rings. The Kier molecular flexibility index (Phi) is 7.50. The maximum absolute atomic E-state index is 12.9. The molecule has 3 atom stereocenters. The zero-order chi connectivity index (χ0) is 22.1. The molecule has 0 bridgehead atoms. The lowest BCUT2D eigenvalue weighted by atomic mass is 10.1. The Morgan fingerprint density at radius 2 is 1.61 bits per heavy atom. The monoisotopic (exact) mass is 415 g/mol. The Labute approximate surface area is 170 Å². The molecular formula is C20H37NO6Si. The van der Waals surface area contributed by atoms with Crippen molar-refractivity contribution in [2.24, 2.45) is 0 Å². The van der Waals surface area contributed by atoms with Gasteiger partial charge < -0.3 is 13.9 Å². The van der Waals surface area contributed by atoms with Gasteiger partial charge in [-0.3, -0.25) is 9.69 Å². The lowest BCUT2D eigenvalue weighted by Crippen LogP contribution is -2.51. The van der Waals surface area contributed by atoms with E-state index in [0.29, 0.717) is 0 Å². The van der Waals surface area contributed by atoms with E-state index in [1.165, 1.54) is 18.9 Å². The number of ketones is 1. The van der Waals surface area contributed by atoms with Crippen LogP contribution in [0.15, 0.2) is 0 Å². The molecule has 0 aromatic rings. The maximum Gasteiger partial charge on any atom is 0.411 e. The Balaban J connectivity index is 3.31. The second kappa shape index (κ2) is 8.53.